The van der Waals surface area contributed by atoms with Crippen LogP contribution in [0.1, 0.15) is 24.5 Å². The largest absolute Gasteiger partial charge is 0.492 e. The second kappa shape index (κ2) is 10.4. The van der Waals surface area contributed by atoms with Crippen LogP contribution in [0.4, 0.5) is 5.69 Å². The van der Waals surface area contributed by atoms with Gasteiger partial charge < -0.3 is 10.1 Å². The number of carbonyl (C=O) groups excluding carboxylic acids is 1. The molecule has 0 spiro atoms. The van der Waals surface area contributed by atoms with Gasteiger partial charge in [0.25, 0.3) is 0 Å². The monoisotopic (exact) mass is 472 g/mol. The highest BCUT2D eigenvalue weighted by atomic mass is 35.5. The van der Waals surface area contributed by atoms with E-state index in [1.807, 2.05) is 32.0 Å². The molecule has 2 aromatic rings. The fourth-order valence-electron chi connectivity index (χ4n) is 3.16. The molecule has 0 aromatic heterocycles. The Morgan fingerprint density at radius 3 is 2.27 bits per heavy atom. The zero-order valence-electron chi connectivity index (χ0n) is 17.4. The van der Waals surface area contributed by atoms with Crippen LogP contribution >= 0.6 is 23.2 Å². The Morgan fingerprint density at radius 2 is 1.73 bits per heavy atom. The number of nitrogens with zero attached hydrogens (tertiary/aromatic N) is 1. The van der Waals surface area contributed by atoms with E-state index in [0.717, 1.165) is 27.4 Å². The molecule has 2 aromatic carbocycles. The van der Waals surface area contributed by atoms with Crippen LogP contribution in [0.5, 0.6) is 5.75 Å². The molecule has 0 aliphatic heterocycles. The summed E-state index contributed by atoms with van der Waals surface area (Å²) in [5.74, 6) is 0.306. The minimum atomic E-state index is -3.75. The molecule has 1 atom stereocenters. The highest BCUT2D eigenvalue weighted by Gasteiger charge is 2.31. The average molecular weight is 473 g/mol. The van der Waals surface area contributed by atoms with Gasteiger partial charge in [0.1, 0.15) is 18.4 Å². The van der Waals surface area contributed by atoms with Gasteiger partial charge >= 0.3 is 0 Å². The Hall–Kier alpha value is -1.96. The molecule has 0 heterocycles. The van der Waals surface area contributed by atoms with Crippen molar-refractivity contribution < 1.29 is 17.9 Å². The molecule has 2 rings (SSSR count). The van der Waals surface area contributed by atoms with Crippen molar-refractivity contribution in [1.29, 1.82) is 0 Å². The molecular weight excluding hydrogens is 447 g/mol. The maximum atomic E-state index is 12.8. The van der Waals surface area contributed by atoms with Gasteiger partial charge in [-0.05, 0) is 61.7 Å². The lowest BCUT2D eigenvalue weighted by Gasteiger charge is -2.30. The van der Waals surface area contributed by atoms with E-state index in [9.17, 15) is 13.2 Å². The van der Waals surface area contributed by atoms with E-state index in [0.29, 0.717) is 5.02 Å². The summed E-state index contributed by atoms with van der Waals surface area (Å²) in [6.07, 6.45) is 1.33. The first kappa shape index (κ1) is 24.3. The third kappa shape index (κ3) is 6.52. The summed E-state index contributed by atoms with van der Waals surface area (Å²) in [5, 5.41) is 3.26. The van der Waals surface area contributed by atoms with Gasteiger partial charge in [-0.25, -0.2) is 8.42 Å². The van der Waals surface area contributed by atoms with Crippen LogP contribution < -0.4 is 14.4 Å². The van der Waals surface area contributed by atoms with Gasteiger partial charge in [0.05, 0.1) is 28.5 Å². The molecule has 0 radical (unpaired) electrons. The number of sulfonamides is 1. The first-order valence-electron chi connectivity index (χ1n) is 9.46. The number of rotatable bonds is 9. The lowest BCUT2D eigenvalue weighted by Crippen LogP contribution is -2.50. The fraction of sp³-hybridized carbons (Fsp3) is 0.381. The SMILES string of the molecule is CCC(C(=O)NCCOc1cc(C)cc(C)c1)N(c1ccc(Cl)c(Cl)c1)S(C)(=O)=O. The zero-order valence-corrected chi connectivity index (χ0v) is 19.7. The molecule has 164 valence electrons. The average Bonchev–Trinajstić information content (AvgIpc) is 2.63. The van der Waals surface area contributed by atoms with E-state index < -0.39 is 22.0 Å². The van der Waals surface area contributed by atoms with Crippen molar-refractivity contribution in [1.82, 2.24) is 5.32 Å². The number of amides is 1. The molecule has 0 fully saturated rings. The maximum Gasteiger partial charge on any atom is 0.244 e. The molecular formula is C21H26Cl2N2O4S. The normalized spacial score (nSPS) is 12.3. The van der Waals surface area contributed by atoms with Crippen LogP contribution in [-0.4, -0.2) is 39.8 Å². The first-order chi connectivity index (χ1) is 14.0. The Labute approximate surface area is 188 Å². The van der Waals surface area contributed by atoms with Crippen LogP contribution in [0.25, 0.3) is 0 Å². The predicted octanol–water partition coefficient (Wildman–Crippen LogP) is 4.35. The molecule has 9 heteroatoms. The molecule has 30 heavy (non-hydrogen) atoms. The maximum absolute atomic E-state index is 12.8. The molecule has 0 saturated heterocycles. The van der Waals surface area contributed by atoms with Gasteiger partial charge in [-0.3, -0.25) is 9.10 Å². The number of ether oxygens (including phenoxy) is 1. The van der Waals surface area contributed by atoms with Gasteiger partial charge in [0.15, 0.2) is 0 Å². The number of aryl methyl sites for hydroxylation is 2. The van der Waals surface area contributed by atoms with Gasteiger partial charge in [0.2, 0.25) is 15.9 Å². The number of carbonyl (C=O) groups is 1. The number of hydrogen-bond acceptors (Lipinski definition) is 4. The number of benzene rings is 2. The number of hydrogen-bond donors (Lipinski definition) is 1. The third-order valence-electron chi connectivity index (χ3n) is 4.35. The summed E-state index contributed by atoms with van der Waals surface area (Å²) in [5.41, 5.74) is 2.45. The standard InChI is InChI=1S/C21H26Cl2N2O4S/c1-5-20(25(30(4,27)28)16-6-7-18(22)19(23)13-16)21(26)24-8-9-29-17-11-14(2)10-15(3)12-17/h6-7,10-13,20H,5,8-9H2,1-4H3,(H,24,26). The van der Waals surface area contributed by atoms with Crippen molar-refractivity contribution in [3.8, 4) is 5.75 Å². The van der Waals surface area contributed by atoms with E-state index in [1.165, 1.54) is 18.2 Å². The van der Waals surface area contributed by atoms with Gasteiger partial charge in [-0.2, -0.15) is 0 Å². The topological polar surface area (TPSA) is 75.7 Å². The predicted molar refractivity (Wildman–Crippen MR) is 122 cm³/mol. The van der Waals surface area contributed by atoms with Crippen LogP contribution in [-0.2, 0) is 14.8 Å². The zero-order chi connectivity index (χ0) is 22.5. The van der Waals surface area contributed by atoms with E-state index in [4.69, 9.17) is 27.9 Å². The Morgan fingerprint density at radius 1 is 1.10 bits per heavy atom. The van der Waals surface area contributed by atoms with Crippen molar-refractivity contribution in [2.45, 2.75) is 33.2 Å². The van der Waals surface area contributed by atoms with Gasteiger partial charge in [-0.15, -0.1) is 0 Å². The Kier molecular flexibility index (Phi) is 8.41. The third-order valence-corrected chi connectivity index (χ3v) is 6.27. The lowest BCUT2D eigenvalue weighted by atomic mass is 10.1. The molecule has 1 N–H and O–H groups in total. The molecule has 0 aliphatic carbocycles. The first-order valence-corrected chi connectivity index (χ1v) is 12.1. The summed E-state index contributed by atoms with van der Waals surface area (Å²) in [6, 6.07) is 9.40. The highest BCUT2D eigenvalue weighted by Crippen LogP contribution is 2.30. The minimum Gasteiger partial charge on any atom is -0.492 e. The molecule has 1 amide bonds. The van der Waals surface area contributed by atoms with Crippen molar-refractivity contribution in [2.24, 2.45) is 0 Å². The van der Waals surface area contributed by atoms with Gasteiger partial charge in [0, 0.05) is 0 Å². The molecule has 0 bridgehead atoms. The van der Waals surface area contributed by atoms with Crippen LogP contribution in [0.2, 0.25) is 10.0 Å². The van der Waals surface area contributed by atoms with E-state index in [1.54, 1.807) is 6.92 Å². The summed E-state index contributed by atoms with van der Waals surface area (Å²) >= 11 is 12.0. The number of anilines is 1. The lowest BCUT2D eigenvalue weighted by molar-refractivity contribution is -0.122. The van der Waals surface area contributed by atoms with Crippen molar-refractivity contribution in [3.63, 3.8) is 0 Å². The van der Waals surface area contributed by atoms with Gasteiger partial charge in [-0.1, -0.05) is 36.2 Å². The van der Waals surface area contributed by atoms with Crippen molar-refractivity contribution >= 4 is 44.8 Å². The molecule has 6 nitrogen and oxygen atoms in total. The van der Waals surface area contributed by atoms with E-state index >= 15 is 0 Å². The summed E-state index contributed by atoms with van der Waals surface area (Å²) < 4.78 is 31.7. The second-order valence-corrected chi connectivity index (χ2v) is 9.72. The van der Waals surface area contributed by atoms with Crippen LogP contribution in [0.3, 0.4) is 0 Å². The second-order valence-electron chi connectivity index (χ2n) is 7.04. The van der Waals surface area contributed by atoms with E-state index in [-0.39, 0.29) is 30.3 Å². The number of nitrogens with one attached hydrogen (secondary N) is 1. The minimum absolute atomic E-state index is 0.208. The Balaban J connectivity index is 2.09. The quantitative estimate of drug-likeness (QED) is 0.550. The van der Waals surface area contributed by atoms with E-state index in [2.05, 4.69) is 5.32 Å². The molecule has 0 aliphatic rings. The summed E-state index contributed by atoms with van der Waals surface area (Å²) in [4.78, 5) is 12.8. The summed E-state index contributed by atoms with van der Waals surface area (Å²) in [6.45, 7) is 6.20. The van der Waals surface area contributed by atoms with Crippen molar-refractivity contribution in [3.05, 3.63) is 57.6 Å². The van der Waals surface area contributed by atoms with Crippen LogP contribution in [0, 0.1) is 13.8 Å². The smallest absolute Gasteiger partial charge is 0.244 e. The van der Waals surface area contributed by atoms with Crippen molar-refractivity contribution in [2.75, 3.05) is 23.7 Å². The Bertz CT molecular complexity index is 992. The molecule has 0 saturated carbocycles. The summed E-state index contributed by atoms with van der Waals surface area (Å²) in [7, 11) is -3.75. The number of halogens is 2. The molecule has 1 unspecified atom stereocenters. The van der Waals surface area contributed by atoms with Crippen LogP contribution in [0.15, 0.2) is 36.4 Å². The fourth-order valence-corrected chi connectivity index (χ4v) is 4.66. The highest BCUT2D eigenvalue weighted by molar-refractivity contribution is 7.92.